The molecule has 1 rings (SSSR count). The summed E-state index contributed by atoms with van der Waals surface area (Å²) in [5.41, 5.74) is 0.698. The highest BCUT2D eigenvalue weighted by atomic mass is 35.5. The molecule has 1 nitrogen and oxygen atoms in total. The number of rotatable bonds is 9. The van der Waals surface area contributed by atoms with E-state index in [1.807, 2.05) is 30.3 Å². The Bertz CT molecular complexity index is 395. The largest absolute Gasteiger partial charge is 0.289 e. The maximum absolute atomic E-state index is 11.9. The summed E-state index contributed by atoms with van der Waals surface area (Å²) in [6.07, 6.45) is 9.80. The van der Waals surface area contributed by atoms with E-state index in [4.69, 9.17) is 11.6 Å². The minimum atomic E-state index is -0.00316. The number of halogens is 1. The van der Waals surface area contributed by atoms with E-state index in [9.17, 15) is 4.79 Å². The van der Waals surface area contributed by atoms with Gasteiger partial charge < -0.3 is 0 Å². The summed E-state index contributed by atoms with van der Waals surface area (Å²) in [6.45, 7) is 2.22. The van der Waals surface area contributed by atoms with Crippen LogP contribution in [0.2, 0.25) is 0 Å². The van der Waals surface area contributed by atoms with Crippen molar-refractivity contribution >= 4 is 17.4 Å². The van der Waals surface area contributed by atoms with Crippen molar-refractivity contribution in [3.8, 4) is 0 Å². The van der Waals surface area contributed by atoms with Gasteiger partial charge in [0.15, 0.2) is 5.78 Å². The van der Waals surface area contributed by atoms with Crippen LogP contribution < -0.4 is 0 Å². The number of ketones is 1. The molecule has 1 aromatic carbocycles. The van der Waals surface area contributed by atoms with Gasteiger partial charge in [-0.3, -0.25) is 4.79 Å². The Morgan fingerprint density at radius 3 is 2.37 bits per heavy atom. The zero-order valence-corrected chi connectivity index (χ0v) is 12.5. The zero-order chi connectivity index (χ0) is 13.9. The van der Waals surface area contributed by atoms with Crippen LogP contribution in [0, 0.1) is 0 Å². The Kier molecular flexibility index (Phi) is 8.24. The first-order valence-corrected chi connectivity index (χ1v) is 7.57. The van der Waals surface area contributed by atoms with Crippen LogP contribution in [0.4, 0.5) is 0 Å². The summed E-state index contributed by atoms with van der Waals surface area (Å²) in [6, 6.07) is 9.26. The third-order valence-electron chi connectivity index (χ3n) is 3.12. The van der Waals surface area contributed by atoms with E-state index in [1.54, 1.807) is 6.08 Å². The van der Waals surface area contributed by atoms with Crippen LogP contribution in [-0.2, 0) is 0 Å². The molecule has 0 aromatic heterocycles. The summed E-state index contributed by atoms with van der Waals surface area (Å²) in [5, 5.41) is 0.671. The maximum atomic E-state index is 11.9. The van der Waals surface area contributed by atoms with E-state index in [1.165, 1.54) is 32.1 Å². The number of benzene rings is 1. The van der Waals surface area contributed by atoms with Crippen molar-refractivity contribution in [2.75, 3.05) is 0 Å². The lowest BCUT2D eigenvalue weighted by molar-refractivity contribution is 0.104. The van der Waals surface area contributed by atoms with Crippen LogP contribution in [0.3, 0.4) is 0 Å². The quantitative estimate of drug-likeness (QED) is 0.320. The fourth-order valence-electron chi connectivity index (χ4n) is 1.97. The third kappa shape index (κ3) is 7.17. The highest BCUT2D eigenvalue weighted by Gasteiger charge is 2.03. The molecule has 0 radical (unpaired) electrons. The van der Waals surface area contributed by atoms with Gasteiger partial charge in [0.2, 0.25) is 0 Å². The maximum Gasteiger partial charge on any atom is 0.186 e. The molecule has 0 unspecified atom stereocenters. The molecule has 0 fully saturated rings. The number of hydrogen-bond donors (Lipinski definition) is 0. The van der Waals surface area contributed by atoms with Gasteiger partial charge in [0.05, 0.1) is 0 Å². The molecule has 2 heteroatoms. The number of carbonyl (C=O) groups excluding carboxylic acids is 1. The molecule has 1 aromatic rings. The molecule has 0 heterocycles. The minimum absolute atomic E-state index is 0.00316. The second-order valence-electron chi connectivity index (χ2n) is 4.84. The Morgan fingerprint density at radius 2 is 1.68 bits per heavy atom. The molecule has 0 atom stereocenters. The molecule has 0 N–H and O–H groups in total. The SMILES string of the molecule is CCCCCCCC/C(Cl)=C/C(=O)c1ccccc1. The van der Waals surface area contributed by atoms with E-state index in [-0.39, 0.29) is 5.78 Å². The summed E-state index contributed by atoms with van der Waals surface area (Å²) >= 11 is 6.11. The Morgan fingerprint density at radius 1 is 1.05 bits per heavy atom. The Labute approximate surface area is 121 Å². The molecule has 0 spiro atoms. The average Bonchev–Trinajstić information content (AvgIpc) is 2.43. The van der Waals surface area contributed by atoms with Gasteiger partial charge in [0.1, 0.15) is 0 Å². The van der Waals surface area contributed by atoms with Crippen LogP contribution in [0.25, 0.3) is 0 Å². The fourth-order valence-corrected chi connectivity index (χ4v) is 2.21. The van der Waals surface area contributed by atoms with Crippen molar-refractivity contribution in [2.45, 2.75) is 51.9 Å². The predicted molar refractivity (Wildman–Crippen MR) is 82.7 cm³/mol. The topological polar surface area (TPSA) is 17.1 Å². The van der Waals surface area contributed by atoms with Gasteiger partial charge >= 0.3 is 0 Å². The van der Waals surface area contributed by atoms with Crippen LogP contribution in [0.1, 0.15) is 62.2 Å². The second-order valence-corrected chi connectivity index (χ2v) is 5.32. The summed E-state index contributed by atoms with van der Waals surface area (Å²) in [4.78, 5) is 11.9. The van der Waals surface area contributed by atoms with Crippen LogP contribution >= 0.6 is 11.6 Å². The molecule has 0 aliphatic carbocycles. The van der Waals surface area contributed by atoms with Gasteiger partial charge in [-0.2, -0.15) is 0 Å². The first-order valence-electron chi connectivity index (χ1n) is 7.19. The monoisotopic (exact) mass is 278 g/mol. The smallest absolute Gasteiger partial charge is 0.186 e. The van der Waals surface area contributed by atoms with Gasteiger partial charge in [0, 0.05) is 16.7 Å². The molecular weight excluding hydrogens is 256 g/mol. The molecular formula is C17H23ClO. The molecule has 104 valence electrons. The third-order valence-corrected chi connectivity index (χ3v) is 3.41. The highest BCUT2D eigenvalue weighted by molar-refractivity contribution is 6.31. The van der Waals surface area contributed by atoms with Crippen molar-refractivity contribution in [3.63, 3.8) is 0 Å². The van der Waals surface area contributed by atoms with E-state index >= 15 is 0 Å². The average molecular weight is 279 g/mol. The van der Waals surface area contributed by atoms with Crippen LogP contribution in [0.15, 0.2) is 41.4 Å². The van der Waals surface area contributed by atoms with Crippen molar-refractivity contribution < 1.29 is 4.79 Å². The fraction of sp³-hybridized carbons (Fsp3) is 0.471. The van der Waals surface area contributed by atoms with Gasteiger partial charge in [0.25, 0.3) is 0 Å². The first-order chi connectivity index (χ1) is 9.24. The lowest BCUT2D eigenvalue weighted by Gasteiger charge is -2.01. The van der Waals surface area contributed by atoms with Gasteiger partial charge in [-0.25, -0.2) is 0 Å². The Hall–Kier alpha value is -1.08. The molecule has 0 saturated heterocycles. The summed E-state index contributed by atoms with van der Waals surface area (Å²) in [7, 11) is 0. The number of allylic oxidation sites excluding steroid dienone is 2. The molecule has 19 heavy (non-hydrogen) atoms. The lowest BCUT2D eigenvalue weighted by atomic mass is 10.1. The standard InChI is InChI=1S/C17H23ClO/c1-2-3-4-5-6-10-13-16(18)14-17(19)15-11-8-7-9-12-15/h7-9,11-12,14H,2-6,10,13H2,1H3/b16-14-. The second kappa shape index (κ2) is 9.80. The Balaban J connectivity index is 2.27. The number of hydrogen-bond acceptors (Lipinski definition) is 1. The summed E-state index contributed by atoms with van der Waals surface area (Å²) < 4.78 is 0. The number of carbonyl (C=O) groups is 1. The molecule has 0 saturated carbocycles. The van der Waals surface area contributed by atoms with E-state index in [0.29, 0.717) is 10.6 Å². The zero-order valence-electron chi connectivity index (χ0n) is 11.7. The van der Waals surface area contributed by atoms with E-state index in [2.05, 4.69) is 6.92 Å². The minimum Gasteiger partial charge on any atom is -0.289 e. The van der Waals surface area contributed by atoms with Gasteiger partial charge in [-0.05, 0) is 12.8 Å². The van der Waals surface area contributed by atoms with Crippen molar-refractivity contribution in [1.29, 1.82) is 0 Å². The molecule has 0 bridgehead atoms. The summed E-state index contributed by atoms with van der Waals surface area (Å²) in [5.74, 6) is -0.00316. The van der Waals surface area contributed by atoms with Crippen LogP contribution in [0.5, 0.6) is 0 Å². The van der Waals surface area contributed by atoms with Crippen molar-refractivity contribution in [1.82, 2.24) is 0 Å². The van der Waals surface area contributed by atoms with E-state index < -0.39 is 0 Å². The van der Waals surface area contributed by atoms with E-state index in [0.717, 1.165) is 12.8 Å². The predicted octanol–water partition coefficient (Wildman–Crippen LogP) is 5.74. The normalized spacial score (nSPS) is 11.6. The highest BCUT2D eigenvalue weighted by Crippen LogP contribution is 2.16. The van der Waals surface area contributed by atoms with Crippen molar-refractivity contribution in [2.24, 2.45) is 0 Å². The number of unbranched alkanes of at least 4 members (excludes halogenated alkanes) is 5. The van der Waals surface area contributed by atoms with Gasteiger partial charge in [-0.1, -0.05) is 81.0 Å². The van der Waals surface area contributed by atoms with Crippen molar-refractivity contribution in [3.05, 3.63) is 47.0 Å². The van der Waals surface area contributed by atoms with Crippen LogP contribution in [-0.4, -0.2) is 5.78 Å². The molecule has 0 amide bonds. The molecule has 0 aliphatic rings. The van der Waals surface area contributed by atoms with Gasteiger partial charge in [-0.15, -0.1) is 0 Å². The lowest BCUT2D eigenvalue weighted by Crippen LogP contribution is -1.94. The first kappa shape index (κ1) is 16.0. The molecule has 0 aliphatic heterocycles.